The van der Waals surface area contributed by atoms with Crippen LogP contribution in [-0.4, -0.2) is 10.2 Å². The molecule has 0 amide bonds. The van der Waals surface area contributed by atoms with E-state index < -0.39 is 5.54 Å². The van der Waals surface area contributed by atoms with Gasteiger partial charge in [-0.3, -0.25) is 0 Å². The first-order valence-corrected chi connectivity index (χ1v) is 11.0. The van der Waals surface area contributed by atoms with Crippen molar-refractivity contribution in [1.29, 1.82) is 0 Å². The van der Waals surface area contributed by atoms with E-state index in [9.17, 15) is 10.2 Å². The van der Waals surface area contributed by atoms with E-state index in [0.717, 1.165) is 27.8 Å². The largest absolute Gasteiger partial charge is 0.508 e. The molecule has 1 heterocycles. The summed E-state index contributed by atoms with van der Waals surface area (Å²) in [6.45, 7) is 0. The fraction of sp³-hybridized carbons (Fsp3) is 0.0370. The first-order chi connectivity index (χ1) is 16.0. The maximum absolute atomic E-state index is 9.95. The predicted molar refractivity (Wildman–Crippen MR) is 132 cm³/mol. The van der Waals surface area contributed by atoms with Crippen LogP contribution in [0.2, 0.25) is 10.0 Å². The number of aromatic hydroxyl groups is 2. The van der Waals surface area contributed by atoms with E-state index in [1.807, 2.05) is 66.7 Å². The third-order valence-corrected chi connectivity index (χ3v) is 6.10. The molecular weight excluding hydrogens is 455 g/mol. The third-order valence-electron chi connectivity index (χ3n) is 5.67. The van der Waals surface area contributed by atoms with E-state index >= 15 is 0 Å². The number of hydrogen-bond acceptors (Lipinski definition) is 4. The summed E-state index contributed by atoms with van der Waals surface area (Å²) in [4.78, 5) is 0. The Labute approximate surface area is 201 Å². The van der Waals surface area contributed by atoms with Crippen LogP contribution in [0.3, 0.4) is 0 Å². The Morgan fingerprint density at radius 1 is 0.606 bits per heavy atom. The second kappa shape index (κ2) is 8.39. The quantitative estimate of drug-likeness (QED) is 0.319. The molecule has 6 heteroatoms. The number of rotatable bonds is 4. The number of halogens is 2. The molecule has 0 bridgehead atoms. The van der Waals surface area contributed by atoms with Crippen LogP contribution in [0.25, 0.3) is 11.3 Å². The molecule has 1 unspecified atom stereocenters. The monoisotopic (exact) mass is 472 g/mol. The molecule has 0 aromatic heterocycles. The number of benzene rings is 4. The van der Waals surface area contributed by atoms with Crippen molar-refractivity contribution in [1.82, 2.24) is 0 Å². The minimum atomic E-state index is -1.06. The summed E-state index contributed by atoms with van der Waals surface area (Å²) < 4.78 is 0. The maximum atomic E-state index is 9.95. The van der Waals surface area contributed by atoms with Crippen molar-refractivity contribution < 1.29 is 10.2 Å². The topological polar surface area (TPSA) is 65.2 Å². The Morgan fingerprint density at radius 3 is 1.79 bits per heavy atom. The van der Waals surface area contributed by atoms with Gasteiger partial charge in [0.15, 0.2) is 5.54 Å². The molecule has 162 valence electrons. The van der Waals surface area contributed by atoms with Crippen LogP contribution in [0.4, 0.5) is 0 Å². The standard InChI is InChI=1S/C27H18Cl2N2O2/c28-21-14-20(15-22(29)16-21)27(19-8-12-24(33)13-9-19)25(17-4-2-1-3-5-17)26(30-31-27)18-6-10-23(32)11-7-18/h1-16,32-33H. The summed E-state index contributed by atoms with van der Waals surface area (Å²) in [7, 11) is 0. The van der Waals surface area contributed by atoms with Gasteiger partial charge in [-0.05, 0) is 71.3 Å². The highest BCUT2D eigenvalue weighted by atomic mass is 35.5. The zero-order chi connectivity index (χ0) is 23.0. The van der Waals surface area contributed by atoms with Crippen molar-refractivity contribution in [3.8, 4) is 11.5 Å². The number of nitrogens with zero attached hydrogens (tertiary/aromatic N) is 2. The molecule has 4 nitrogen and oxygen atoms in total. The molecule has 2 N–H and O–H groups in total. The highest BCUT2D eigenvalue weighted by molar-refractivity contribution is 6.34. The van der Waals surface area contributed by atoms with E-state index in [2.05, 4.69) is 5.11 Å². The number of phenolic OH excluding ortho intramolecular Hbond substituents is 2. The van der Waals surface area contributed by atoms with Gasteiger partial charge in [-0.25, -0.2) is 0 Å². The normalized spacial score (nSPS) is 17.5. The van der Waals surface area contributed by atoms with Gasteiger partial charge in [-0.1, -0.05) is 65.7 Å². The van der Waals surface area contributed by atoms with Crippen molar-refractivity contribution >= 4 is 34.5 Å². The fourth-order valence-electron chi connectivity index (χ4n) is 4.20. The molecule has 0 saturated carbocycles. The molecule has 1 aliphatic rings. The minimum Gasteiger partial charge on any atom is -0.508 e. The summed E-state index contributed by atoms with van der Waals surface area (Å²) in [5.41, 5.74) is 3.75. The van der Waals surface area contributed by atoms with Gasteiger partial charge in [0, 0.05) is 21.2 Å². The molecule has 0 radical (unpaired) electrons. The third kappa shape index (κ3) is 3.78. The van der Waals surface area contributed by atoms with Crippen LogP contribution in [0.15, 0.2) is 107 Å². The SMILES string of the molecule is Oc1ccc(C2=C(c3ccccc3)C(c3ccc(O)cc3)(c3cc(Cl)cc(Cl)c3)N=N2)cc1. The Kier molecular flexibility index (Phi) is 5.41. The smallest absolute Gasteiger partial charge is 0.160 e. The van der Waals surface area contributed by atoms with Gasteiger partial charge in [-0.2, -0.15) is 10.2 Å². The molecule has 4 aromatic carbocycles. The molecule has 0 saturated heterocycles. The zero-order valence-electron chi connectivity index (χ0n) is 17.3. The van der Waals surface area contributed by atoms with Crippen LogP contribution in [0.1, 0.15) is 22.3 Å². The van der Waals surface area contributed by atoms with Crippen LogP contribution >= 0.6 is 23.2 Å². The van der Waals surface area contributed by atoms with Crippen molar-refractivity contribution in [2.24, 2.45) is 10.2 Å². The van der Waals surface area contributed by atoms with Crippen LogP contribution in [-0.2, 0) is 5.54 Å². The van der Waals surface area contributed by atoms with Gasteiger partial charge in [0.1, 0.15) is 11.5 Å². The first-order valence-electron chi connectivity index (χ1n) is 10.3. The lowest BCUT2D eigenvalue weighted by molar-refractivity contribution is 0.474. The van der Waals surface area contributed by atoms with Gasteiger partial charge in [0.25, 0.3) is 0 Å². The lowest BCUT2D eigenvalue weighted by Gasteiger charge is -2.30. The maximum Gasteiger partial charge on any atom is 0.160 e. The second-order valence-electron chi connectivity index (χ2n) is 7.75. The molecule has 1 aliphatic heterocycles. The van der Waals surface area contributed by atoms with Gasteiger partial charge in [-0.15, -0.1) is 0 Å². The van der Waals surface area contributed by atoms with E-state index in [1.165, 1.54) is 0 Å². The fourth-order valence-corrected chi connectivity index (χ4v) is 4.73. The lowest BCUT2D eigenvalue weighted by atomic mass is 9.74. The van der Waals surface area contributed by atoms with Gasteiger partial charge in [0.05, 0.1) is 5.70 Å². The first kappa shape index (κ1) is 21.3. The van der Waals surface area contributed by atoms with E-state index in [4.69, 9.17) is 28.3 Å². The van der Waals surface area contributed by atoms with Crippen molar-refractivity contribution in [2.45, 2.75) is 5.54 Å². The Bertz CT molecular complexity index is 1360. The molecule has 1 atom stereocenters. The highest BCUT2D eigenvalue weighted by Gasteiger charge is 2.45. The minimum absolute atomic E-state index is 0.150. The molecule has 0 spiro atoms. The summed E-state index contributed by atoms with van der Waals surface area (Å²) >= 11 is 12.9. The van der Waals surface area contributed by atoms with Crippen LogP contribution in [0, 0.1) is 0 Å². The lowest BCUT2D eigenvalue weighted by Crippen LogP contribution is -2.25. The number of phenols is 2. The van der Waals surface area contributed by atoms with Gasteiger partial charge >= 0.3 is 0 Å². The molecule has 33 heavy (non-hydrogen) atoms. The summed E-state index contributed by atoms with van der Waals surface area (Å²) in [5.74, 6) is 0.318. The second-order valence-corrected chi connectivity index (χ2v) is 8.62. The highest BCUT2D eigenvalue weighted by Crippen LogP contribution is 2.54. The number of hydrogen-bond donors (Lipinski definition) is 2. The van der Waals surface area contributed by atoms with Gasteiger partial charge < -0.3 is 10.2 Å². The van der Waals surface area contributed by atoms with Crippen molar-refractivity contribution in [3.05, 3.63) is 129 Å². The molecular formula is C27H18Cl2N2O2. The average molecular weight is 473 g/mol. The molecule has 0 aliphatic carbocycles. The molecule has 5 rings (SSSR count). The van der Waals surface area contributed by atoms with E-state index in [1.54, 1.807) is 30.3 Å². The van der Waals surface area contributed by atoms with E-state index in [-0.39, 0.29) is 11.5 Å². The Morgan fingerprint density at radius 2 is 1.18 bits per heavy atom. The number of azo groups is 1. The molecule has 0 fully saturated rings. The summed E-state index contributed by atoms with van der Waals surface area (Å²) in [6, 6.07) is 29.0. The van der Waals surface area contributed by atoms with Crippen molar-refractivity contribution in [2.75, 3.05) is 0 Å². The van der Waals surface area contributed by atoms with Gasteiger partial charge in [0.2, 0.25) is 0 Å². The van der Waals surface area contributed by atoms with Crippen LogP contribution in [0.5, 0.6) is 11.5 Å². The zero-order valence-corrected chi connectivity index (χ0v) is 18.8. The molecule has 4 aromatic rings. The van der Waals surface area contributed by atoms with Crippen LogP contribution < -0.4 is 0 Å². The summed E-state index contributed by atoms with van der Waals surface area (Å²) in [6.07, 6.45) is 0. The van der Waals surface area contributed by atoms with Crippen molar-refractivity contribution in [3.63, 3.8) is 0 Å². The predicted octanol–water partition coefficient (Wildman–Crippen LogP) is 7.68. The van der Waals surface area contributed by atoms with E-state index in [0.29, 0.717) is 15.7 Å². The average Bonchev–Trinajstić information content (AvgIpc) is 3.21. The Balaban J connectivity index is 1.89. The Hall–Kier alpha value is -3.60. The summed E-state index contributed by atoms with van der Waals surface area (Å²) in [5, 5.41) is 30.2.